The summed E-state index contributed by atoms with van der Waals surface area (Å²) in [5.41, 5.74) is 6.74. The number of benzene rings is 4. The molecule has 4 aromatic carbocycles. The van der Waals surface area contributed by atoms with Crippen LogP contribution in [0.15, 0.2) is 132 Å². The maximum absolute atomic E-state index is 14.4. The summed E-state index contributed by atoms with van der Waals surface area (Å²) in [5, 5.41) is 4.37. The van der Waals surface area contributed by atoms with Gasteiger partial charge in [0.15, 0.2) is 5.76 Å². The summed E-state index contributed by atoms with van der Waals surface area (Å²) in [6, 6.07) is 41.2. The van der Waals surface area contributed by atoms with Crippen LogP contribution in [0.4, 0.5) is 0 Å². The average molecular weight is 467 g/mol. The maximum atomic E-state index is 14.4. The van der Waals surface area contributed by atoms with E-state index in [0.717, 1.165) is 33.6 Å². The van der Waals surface area contributed by atoms with Crippen LogP contribution in [0, 0.1) is 0 Å². The first-order valence-electron chi connectivity index (χ1n) is 11.8. The first kappa shape index (κ1) is 21.6. The highest BCUT2D eigenvalue weighted by molar-refractivity contribution is 6.18. The van der Waals surface area contributed by atoms with Gasteiger partial charge < -0.3 is 9.51 Å². The van der Waals surface area contributed by atoms with Crippen LogP contribution in [-0.4, -0.2) is 15.9 Å². The summed E-state index contributed by atoms with van der Waals surface area (Å²) in [5.74, 6) is 0.312. The highest BCUT2D eigenvalue weighted by atomic mass is 16.5. The molecule has 0 amide bonds. The number of nitrogens with one attached hydrogen (secondary N) is 1. The Morgan fingerprint density at radius 2 is 1.11 bits per heavy atom. The SMILES string of the molecule is O=C(c1cc(-c2ccccc2)[nH]c1-c1ccccc1)c1c(-c2ccccc2)noc1-c1ccccc1. The third kappa shape index (κ3) is 3.95. The van der Waals surface area contributed by atoms with Crippen molar-refractivity contribution in [2.75, 3.05) is 0 Å². The minimum Gasteiger partial charge on any atom is -0.355 e. The summed E-state index contributed by atoms with van der Waals surface area (Å²) in [4.78, 5) is 17.9. The second kappa shape index (κ2) is 9.35. The summed E-state index contributed by atoms with van der Waals surface area (Å²) >= 11 is 0. The van der Waals surface area contributed by atoms with E-state index in [4.69, 9.17) is 4.52 Å². The quantitative estimate of drug-likeness (QED) is 0.254. The third-order valence-electron chi connectivity index (χ3n) is 6.21. The number of aromatic amines is 1. The van der Waals surface area contributed by atoms with Crippen LogP contribution in [0.3, 0.4) is 0 Å². The van der Waals surface area contributed by atoms with Gasteiger partial charge in [0.05, 0.1) is 11.3 Å². The van der Waals surface area contributed by atoms with Gasteiger partial charge in [-0.1, -0.05) is 126 Å². The Morgan fingerprint density at radius 1 is 0.611 bits per heavy atom. The van der Waals surface area contributed by atoms with Gasteiger partial charge in [-0.3, -0.25) is 4.79 Å². The topological polar surface area (TPSA) is 58.9 Å². The zero-order valence-electron chi connectivity index (χ0n) is 19.4. The van der Waals surface area contributed by atoms with Gasteiger partial charge in [0, 0.05) is 22.4 Å². The Balaban J connectivity index is 1.57. The Labute approximate surface area is 208 Å². The fourth-order valence-electron chi connectivity index (χ4n) is 4.45. The van der Waals surface area contributed by atoms with Crippen LogP contribution in [-0.2, 0) is 0 Å². The molecule has 6 aromatic rings. The molecule has 0 aliphatic carbocycles. The zero-order valence-corrected chi connectivity index (χ0v) is 19.4. The van der Waals surface area contributed by atoms with Gasteiger partial charge in [-0.2, -0.15) is 0 Å². The Hall–Kier alpha value is -4.96. The first-order valence-corrected chi connectivity index (χ1v) is 11.8. The number of hydrogen-bond donors (Lipinski definition) is 1. The number of aromatic nitrogens is 2. The monoisotopic (exact) mass is 466 g/mol. The molecule has 0 bridgehead atoms. The van der Waals surface area contributed by atoms with E-state index < -0.39 is 0 Å². The van der Waals surface area contributed by atoms with Crippen LogP contribution in [0.5, 0.6) is 0 Å². The lowest BCUT2D eigenvalue weighted by Crippen LogP contribution is -2.04. The smallest absolute Gasteiger partial charge is 0.201 e. The van der Waals surface area contributed by atoms with Crippen LogP contribution < -0.4 is 0 Å². The Kier molecular flexibility index (Phi) is 5.60. The van der Waals surface area contributed by atoms with Crippen molar-refractivity contribution in [3.05, 3.63) is 139 Å². The van der Waals surface area contributed by atoms with Crippen molar-refractivity contribution < 1.29 is 9.32 Å². The van der Waals surface area contributed by atoms with E-state index in [0.29, 0.717) is 22.6 Å². The molecule has 1 N–H and O–H groups in total. The lowest BCUT2D eigenvalue weighted by Gasteiger charge is -2.06. The predicted molar refractivity (Wildman–Crippen MR) is 142 cm³/mol. The molecule has 0 saturated heterocycles. The van der Waals surface area contributed by atoms with Crippen molar-refractivity contribution in [2.45, 2.75) is 0 Å². The van der Waals surface area contributed by atoms with E-state index in [1.807, 2.05) is 127 Å². The molecular weight excluding hydrogens is 444 g/mol. The molecule has 0 radical (unpaired) electrons. The fourth-order valence-corrected chi connectivity index (χ4v) is 4.45. The second-order valence-corrected chi connectivity index (χ2v) is 8.50. The molecule has 0 fully saturated rings. The molecule has 4 nitrogen and oxygen atoms in total. The van der Waals surface area contributed by atoms with Crippen molar-refractivity contribution in [3.63, 3.8) is 0 Å². The molecule has 0 atom stereocenters. The van der Waals surface area contributed by atoms with E-state index >= 15 is 0 Å². The summed E-state index contributed by atoms with van der Waals surface area (Å²) in [7, 11) is 0. The minimum atomic E-state index is -0.147. The largest absolute Gasteiger partial charge is 0.355 e. The highest BCUT2D eigenvalue weighted by Gasteiger charge is 2.29. The standard InChI is InChI=1S/C32H22N2O2/c35-31(26-21-27(22-13-5-1-6-14-22)33-29(26)23-15-7-2-8-16-23)28-30(24-17-9-3-10-18-24)34-36-32(28)25-19-11-4-12-20-25/h1-21,33H. The number of hydrogen-bond acceptors (Lipinski definition) is 3. The van der Waals surface area contributed by atoms with Crippen LogP contribution in [0.2, 0.25) is 0 Å². The predicted octanol–water partition coefficient (Wildman–Crippen LogP) is 7.90. The van der Waals surface area contributed by atoms with Gasteiger partial charge in [0.25, 0.3) is 0 Å². The summed E-state index contributed by atoms with van der Waals surface area (Å²) in [6.45, 7) is 0. The van der Waals surface area contributed by atoms with Gasteiger partial charge in [0.1, 0.15) is 5.69 Å². The van der Waals surface area contributed by atoms with Crippen LogP contribution in [0.1, 0.15) is 15.9 Å². The average Bonchev–Trinajstić information content (AvgIpc) is 3.60. The lowest BCUT2D eigenvalue weighted by atomic mass is 9.94. The molecule has 0 aliphatic rings. The van der Waals surface area contributed by atoms with E-state index in [9.17, 15) is 4.79 Å². The zero-order chi connectivity index (χ0) is 24.3. The number of ketones is 1. The normalized spacial score (nSPS) is 10.9. The van der Waals surface area contributed by atoms with E-state index in [1.165, 1.54) is 0 Å². The molecule has 2 aromatic heterocycles. The number of carbonyl (C=O) groups is 1. The maximum Gasteiger partial charge on any atom is 0.201 e. The Morgan fingerprint density at radius 3 is 1.69 bits per heavy atom. The van der Waals surface area contributed by atoms with Crippen molar-refractivity contribution in [3.8, 4) is 45.1 Å². The molecule has 0 aliphatic heterocycles. The first-order chi connectivity index (χ1) is 17.8. The van der Waals surface area contributed by atoms with E-state index in [2.05, 4.69) is 10.1 Å². The third-order valence-corrected chi connectivity index (χ3v) is 6.21. The van der Waals surface area contributed by atoms with Crippen molar-refractivity contribution in [1.82, 2.24) is 10.1 Å². The van der Waals surface area contributed by atoms with E-state index in [-0.39, 0.29) is 5.78 Å². The van der Waals surface area contributed by atoms with Gasteiger partial charge in [0.2, 0.25) is 5.78 Å². The van der Waals surface area contributed by atoms with Crippen molar-refractivity contribution in [2.24, 2.45) is 0 Å². The van der Waals surface area contributed by atoms with Gasteiger partial charge in [-0.15, -0.1) is 0 Å². The molecule has 172 valence electrons. The second-order valence-electron chi connectivity index (χ2n) is 8.50. The van der Waals surface area contributed by atoms with Crippen molar-refractivity contribution >= 4 is 5.78 Å². The summed E-state index contributed by atoms with van der Waals surface area (Å²) in [6.07, 6.45) is 0. The number of rotatable bonds is 6. The molecule has 0 saturated carbocycles. The number of H-pyrrole nitrogens is 1. The minimum absolute atomic E-state index is 0.147. The van der Waals surface area contributed by atoms with Gasteiger partial charge in [-0.25, -0.2) is 0 Å². The van der Waals surface area contributed by atoms with E-state index in [1.54, 1.807) is 0 Å². The van der Waals surface area contributed by atoms with Gasteiger partial charge in [-0.05, 0) is 17.2 Å². The molecule has 0 spiro atoms. The molecule has 36 heavy (non-hydrogen) atoms. The summed E-state index contributed by atoms with van der Waals surface area (Å²) < 4.78 is 5.83. The molecule has 4 heteroatoms. The highest BCUT2D eigenvalue weighted by Crippen LogP contribution is 2.37. The molecule has 6 rings (SSSR count). The number of nitrogens with zero attached hydrogens (tertiary/aromatic N) is 1. The molecule has 0 unspecified atom stereocenters. The molecule has 2 heterocycles. The molecular formula is C32H22N2O2. The van der Waals surface area contributed by atoms with Gasteiger partial charge >= 0.3 is 0 Å². The lowest BCUT2D eigenvalue weighted by molar-refractivity contribution is 0.104. The van der Waals surface area contributed by atoms with Crippen molar-refractivity contribution in [1.29, 1.82) is 0 Å². The van der Waals surface area contributed by atoms with Crippen LogP contribution in [0.25, 0.3) is 45.1 Å². The van der Waals surface area contributed by atoms with Crippen LogP contribution >= 0.6 is 0 Å². The Bertz CT molecular complexity index is 1560. The fraction of sp³-hybridized carbons (Fsp3) is 0. The number of carbonyl (C=O) groups excluding carboxylic acids is 1.